The van der Waals surface area contributed by atoms with Gasteiger partial charge in [-0.2, -0.15) is 0 Å². The van der Waals surface area contributed by atoms with Crippen LogP contribution in [-0.2, 0) is 0 Å². The lowest BCUT2D eigenvalue weighted by Gasteiger charge is -2.22. The predicted octanol–water partition coefficient (Wildman–Crippen LogP) is 2.40. The van der Waals surface area contributed by atoms with Gasteiger partial charge < -0.3 is 15.8 Å². The third-order valence-corrected chi connectivity index (χ3v) is 2.41. The van der Waals surface area contributed by atoms with Crippen LogP contribution in [0, 0.1) is 0 Å². The van der Waals surface area contributed by atoms with Gasteiger partial charge in [0.25, 0.3) is 0 Å². The number of alkyl halides is 1. The minimum absolute atomic E-state index is 0.600. The van der Waals surface area contributed by atoms with Gasteiger partial charge in [-0.1, -0.05) is 28.1 Å². The molecule has 0 aromatic heterocycles. The van der Waals surface area contributed by atoms with Crippen LogP contribution in [0.25, 0.3) is 0 Å². The zero-order valence-corrected chi connectivity index (χ0v) is 9.17. The van der Waals surface area contributed by atoms with Crippen molar-refractivity contribution in [2.45, 2.75) is 6.42 Å². The summed E-state index contributed by atoms with van der Waals surface area (Å²) in [6, 6.07) is 7.74. The van der Waals surface area contributed by atoms with Crippen LogP contribution in [0.2, 0.25) is 0 Å². The smallest absolute Gasteiger partial charge is 0.150 e. The van der Waals surface area contributed by atoms with Gasteiger partial charge in [0.05, 0.1) is 5.69 Å². The topological polar surface area (TPSA) is 47.3 Å². The lowest BCUT2D eigenvalue weighted by atomic mass is 10.2. The molecule has 1 aliphatic rings. The summed E-state index contributed by atoms with van der Waals surface area (Å²) in [5.41, 5.74) is 6.72. The molecule has 1 aromatic carbocycles. The van der Waals surface area contributed by atoms with E-state index < -0.39 is 0 Å². The van der Waals surface area contributed by atoms with Crippen molar-refractivity contribution in [2.24, 2.45) is 5.73 Å². The Labute approximate surface area is 91.1 Å². The van der Waals surface area contributed by atoms with Crippen molar-refractivity contribution < 1.29 is 4.74 Å². The maximum Gasteiger partial charge on any atom is 0.150 e. The second kappa shape index (κ2) is 3.92. The van der Waals surface area contributed by atoms with Crippen LogP contribution in [0.3, 0.4) is 0 Å². The fourth-order valence-corrected chi connectivity index (χ4v) is 1.69. The van der Waals surface area contributed by atoms with Gasteiger partial charge in [-0.05, 0) is 12.1 Å². The van der Waals surface area contributed by atoms with E-state index in [2.05, 4.69) is 21.2 Å². The Kier molecular flexibility index (Phi) is 2.63. The van der Waals surface area contributed by atoms with Gasteiger partial charge in [-0.25, -0.2) is 0 Å². The highest BCUT2D eigenvalue weighted by atomic mass is 79.9. The molecule has 0 saturated heterocycles. The van der Waals surface area contributed by atoms with Gasteiger partial charge in [0.2, 0.25) is 0 Å². The molecule has 0 saturated carbocycles. The first-order chi connectivity index (χ1) is 6.81. The van der Waals surface area contributed by atoms with Gasteiger partial charge in [0.1, 0.15) is 11.6 Å². The highest BCUT2D eigenvalue weighted by molar-refractivity contribution is 9.09. The monoisotopic (exact) mass is 254 g/mol. The summed E-state index contributed by atoms with van der Waals surface area (Å²) in [5.74, 6) is 2.22. The minimum atomic E-state index is 0.600. The van der Waals surface area contributed by atoms with Crippen molar-refractivity contribution in [3.8, 4) is 5.75 Å². The Morgan fingerprint density at radius 3 is 2.93 bits per heavy atom. The van der Waals surface area contributed by atoms with Crippen LogP contribution >= 0.6 is 15.9 Å². The summed E-state index contributed by atoms with van der Waals surface area (Å²) in [7, 11) is 0. The van der Waals surface area contributed by atoms with Crippen molar-refractivity contribution in [3.63, 3.8) is 0 Å². The average Bonchev–Trinajstić information content (AvgIpc) is 2.19. The first-order valence-electron chi connectivity index (χ1n) is 4.40. The number of ether oxygens (including phenoxy) is 1. The molecule has 0 radical (unpaired) electrons. The highest BCUT2D eigenvalue weighted by Crippen LogP contribution is 2.31. The summed E-state index contributed by atoms with van der Waals surface area (Å²) in [6.45, 7) is 0. The Morgan fingerprint density at radius 1 is 1.36 bits per heavy atom. The molecule has 14 heavy (non-hydrogen) atoms. The Bertz CT molecular complexity index is 376. The van der Waals surface area contributed by atoms with E-state index in [1.165, 1.54) is 0 Å². The molecule has 0 atom stereocenters. The number of hydrogen-bond acceptors (Lipinski definition) is 3. The lowest BCUT2D eigenvalue weighted by Crippen LogP contribution is -2.20. The number of benzene rings is 1. The molecule has 0 fully saturated rings. The normalized spacial score (nSPS) is 14.4. The number of rotatable bonds is 2. The van der Waals surface area contributed by atoms with Crippen LogP contribution in [0.4, 0.5) is 5.69 Å². The van der Waals surface area contributed by atoms with Crippen molar-refractivity contribution in [1.82, 2.24) is 0 Å². The van der Waals surface area contributed by atoms with E-state index in [0.29, 0.717) is 5.82 Å². The van der Waals surface area contributed by atoms with Crippen molar-refractivity contribution in [2.75, 3.05) is 10.6 Å². The predicted molar refractivity (Wildman–Crippen MR) is 60.3 cm³/mol. The molecule has 74 valence electrons. The molecule has 0 unspecified atom stereocenters. The third-order valence-electron chi connectivity index (χ3n) is 2.01. The fourth-order valence-electron chi connectivity index (χ4n) is 1.33. The van der Waals surface area contributed by atoms with E-state index in [9.17, 15) is 0 Å². The van der Waals surface area contributed by atoms with E-state index >= 15 is 0 Å². The van der Waals surface area contributed by atoms with E-state index in [1.807, 2.05) is 24.3 Å². The highest BCUT2D eigenvalue weighted by Gasteiger charge is 2.15. The summed E-state index contributed by atoms with van der Waals surface area (Å²) in [5, 5.41) is 3.95. The molecule has 4 heteroatoms. The molecule has 1 heterocycles. The zero-order valence-electron chi connectivity index (χ0n) is 7.59. The van der Waals surface area contributed by atoms with Crippen LogP contribution in [0.1, 0.15) is 6.42 Å². The Morgan fingerprint density at radius 2 is 2.14 bits per heavy atom. The molecule has 1 aromatic rings. The standard InChI is InChI=1S/C10H11BrN2O/c11-6-5-9-10(12)13-7-3-1-2-4-8(7)14-9/h1-4,13H,5-6,12H2. The van der Waals surface area contributed by atoms with Crippen molar-refractivity contribution >= 4 is 21.6 Å². The zero-order chi connectivity index (χ0) is 9.97. The molecular weight excluding hydrogens is 244 g/mol. The third kappa shape index (κ3) is 1.70. The quantitative estimate of drug-likeness (QED) is 0.798. The SMILES string of the molecule is NC1=C(CCBr)Oc2ccccc2N1. The Hall–Kier alpha value is -1.16. The van der Waals surface area contributed by atoms with E-state index in [1.54, 1.807) is 0 Å². The number of hydrogen-bond donors (Lipinski definition) is 2. The summed E-state index contributed by atoms with van der Waals surface area (Å²) < 4.78 is 5.65. The van der Waals surface area contributed by atoms with Crippen LogP contribution in [0.5, 0.6) is 5.75 Å². The molecular formula is C10H11BrN2O. The second-order valence-electron chi connectivity index (χ2n) is 3.00. The molecule has 0 spiro atoms. The summed E-state index contributed by atoms with van der Waals surface area (Å²) in [6.07, 6.45) is 0.785. The molecule has 3 nitrogen and oxygen atoms in total. The molecule has 1 aliphatic heterocycles. The fraction of sp³-hybridized carbons (Fsp3) is 0.200. The number of fused-ring (bicyclic) bond motifs is 1. The Balaban J connectivity index is 2.27. The lowest BCUT2D eigenvalue weighted by molar-refractivity contribution is 0.398. The number of anilines is 1. The summed E-state index contributed by atoms with van der Waals surface area (Å²) in [4.78, 5) is 0. The van der Waals surface area contributed by atoms with Crippen molar-refractivity contribution in [3.05, 3.63) is 35.8 Å². The first kappa shape index (κ1) is 9.40. The first-order valence-corrected chi connectivity index (χ1v) is 5.52. The molecule has 2 rings (SSSR count). The molecule has 0 amide bonds. The number of nitrogens with one attached hydrogen (secondary N) is 1. The number of para-hydroxylation sites is 2. The number of nitrogens with two attached hydrogens (primary N) is 1. The van der Waals surface area contributed by atoms with Gasteiger partial charge in [-0.3, -0.25) is 0 Å². The van der Waals surface area contributed by atoms with Gasteiger partial charge in [0.15, 0.2) is 5.75 Å². The molecule has 3 N–H and O–H groups in total. The van der Waals surface area contributed by atoms with E-state index in [-0.39, 0.29) is 0 Å². The van der Waals surface area contributed by atoms with E-state index in [4.69, 9.17) is 10.5 Å². The largest absolute Gasteiger partial charge is 0.456 e. The van der Waals surface area contributed by atoms with Crippen LogP contribution < -0.4 is 15.8 Å². The maximum atomic E-state index is 5.80. The van der Waals surface area contributed by atoms with Gasteiger partial charge in [0, 0.05) is 11.8 Å². The second-order valence-corrected chi connectivity index (χ2v) is 3.79. The minimum Gasteiger partial charge on any atom is -0.456 e. The number of halogens is 1. The average molecular weight is 255 g/mol. The number of allylic oxidation sites excluding steroid dienone is 1. The van der Waals surface area contributed by atoms with Gasteiger partial charge in [-0.15, -0.1) is 0 Å². The van der Waals surface area contributed by atoms with E-state index in [0.717, 1.165) is 28.9 Å². The maximum absolute atomic E-state index is 5.80. The van der Waals surface area contributed by atoms with Gasteiger partial charge >= 0.3 is 0 Å². The summed E-state index contributed by atoms with van der Waals surface area (Å²) >= 11 is 3.35. The molecule has 0 aliphatic carbocycles. The molecule has 0 bridgehead atoms. The van der Waals surface area contributed by atoms with Crippen LogP contribution in [-0.4, -0.2) is 5.33 Å². The van der Waals surface area contributed by atoms with Crippen molar-refractivity contribution in [1.29, 1.82) is 0 Å². The van der Waals surface area contributed by atoms with Crippen LogP contribution in [0.15, 0.2) is 35.8 Å².